The molecule has 0 fully saturated rings. The van der Waals surface area contributed by atoms with Crippen LogP contribution in [0.4, 0.5) is 0 Å². The van der Waals surface area contributed by atoms with E-state index < -0.39 is 0 Å². The number of hydrogen-bond acceptors (Lipinski definition) is 4. The number of thioether (sulfide) groups is 1. The Hall–Kier alpha value is -1.36. The number of aryl methyl sites for hydroxylation is 2. The minimum Gasteiger partial charge on any atom is -0.323 e. The van der Waals surface area contributed by atoms with Gasteiger partial charge in [-0.05, 0) is 37.1 Å². The highest BCUT2D eigenvalue weighted by atomic mass is 32.2. The summed E-state index contributed by atoms with van der Waals surface area (Å²) in [6, 6.07) is 14.8. The van der Waals surface area contributed by atoms with Gasteiger partial charge in [-0.25, -0.2) is 4.98 Å². The summed E-state index contributed by atoms with van der Waals surface area (Å²) in [6.45, 7) is 4.23. The highest BCUT2D eigenvalue weighted by Gasteiger charge is 2.11. The zero-order valence-corrected chi connectivity index (χ0v) is 13.8. The molecule has 0 amide bonds. The second-order valence-corrected chi connectivity index (χ2v) is 7.52. The van der Waals surface area contributed by atoms with Gasteiger partial charge in [0, 0.05) is 11.8 Å². The molecule has 108 valence electrons. The van der Waals surface area contributed by atoms with Crippen LogP contribution in [0.15, 0.2) is 46.8 Å². The second-order valence-electron chi connectivity index (χ2n) is 5.23. The van der Waals surface area contributed by atoms with Crippen molar-refractivity contribution in [3.63, 3.8) is 0 Å². The molecular formula is C17H18N2S2. The summed E-state index contributed by atoms with van der Waals surface area (Å²) in [5.74, 6) is 0.851. The zero-order chi connectivity index (χ0) is 14.8. The molecule has 21 heavy (non-hydrogen) atoms. The molecule has 2 N–H and O–H groups in total. The molecular weight excluding hydrogens is 296 g/mol. The predicted molar refractivity (Wildman–Crippen MR) is 93.2 cm³/mol. The summed E-state index contributed by atoms with van der Waals surface area (Å²) in [7, 11) is 0. The topological polar surface area (TPSA) is 38.9 Å². The van der Waals surface area contributed by atoms with E-state index in [0.717, 1.165) is 15.6 Å². The van der Waals surface area contributed by atoms with Crippen molar-refractivity contribution in [1.29, 1.82) is 0 Å². The van der Waals surface area contributed by atoms with E-state index in [2.05, 4.69) is 55.2 Å². The molecule has 1 heterocycles. The van der Waals surface area contributed by atoms with Crippen molar-refractivity contribution in [2.45, 2.75) is 24.2 Å². The van der Waals surface area contributed by atoms with E-state index in [1.807, 2.05) is 6.07 Å². The van der Waals surface area contributed by atoms with Crippen LogP contribution in [0.25, 0.3) is 10.2 Å². The minimum absolute atomic E-state index is 0.0434. The Bertz CT molecular complexity index is 731. The number of hydrogen-bond donors (Lipinski definition) is 1. The third-order valence-corrected chi connectivity index (χ3v) is 5.79. The number of thiazole rings is 1. The van der Waals surface area contributed by atoms with E-state index in [-0.39, 0.29) is 6.04 Å². The Labute approximate surface area is 133 Å². The van der Waals surface area contributed by atoms with Crippen LogP contribution in [0.2, 0.25) is 0 Å². The molecule has 0 saturated heterocycles. The molecule has 0 radical (unpaired) electrons. The quantitative estimate of drug-likeness (QED) is 0.709. The highest BCUT2D eigenvalue weighted by molar-refractivity contribution is 8.01. The molecule has 4 heteroatoms. The van der Waals surface area contributed by atoms with Crippen molar-refractivity contribution in [1.82, 2.24) is 4.98 Å². The molecule has 0 aliphatic heterocycles. The first-order valence-electron chi connectivity index (χ1n) is 6.94. The highest BCUT2D eigenvalue weighted by Crippen LogP contribution is 2.31. The SMILES string of the molecule is Cc1ccc(C)c(C(N)CSc2nc3ccccc3s2)c1. The smallest absolute Gasteiger partial charge is 0.151 e. The van der Waals surface area contributed by atoms with Crippen LogP contribution < -0.4 is 5.73 Å². The van der Waals surface area contributed by atoms with E-state index in [0.29, 0.717) is 0 Å². The lowest BCUT2D eigenvalue weighted by Crippen LogP contribution is -2.14. The lowest BCUT2D eigenvalue weighted by atomic mass is 10.0. The van der Waals surface area contributed by atoms with Gasteiger partial charge < -0.3 is 5.73 Å². The standard InChI is InChI=1S/C17H18N2S2/c1-11-7-8-12(2)13(9-11)14(18)10-20-17-19-15-5-3-4-6-16(15)21-17/h3-9,14H,10,18H2,1-2H3. The fraction of sp³-hybridized carbons (Fsp3) is 0.235. The Morgan fingerprint density at radius 1 is 1.19 bits per heavy atom. The average molecular weight is 314 g/mol. The van der Waals surface area contributed by atoms with E-state index in [9.17, 15) is 0 Å². The van der Waals surface area contributed by atoms with E-state index in [1.54, 1.807) is 23.1 Å². The number of aromatic nitrogens is 1. The largest absolute Gasteiger partial charge is 0.323 e. The molecule has 1 aromatic heterocycles. The molecule has 2 aromatic carbocycles. The first-order valence-corrected chi connectivity index (χ1v) is 8.75. The Morgan fingerprint density at radius 3 is 2.81 bits per heavy atom. The summed E-state index contributed by atoms with van der Waals surface area (Å²) in [5.41, 5.74) is 11.2. The normalized spacial score (nSPS) is 12.7. The number of para-hydroxylation sites is 1. The molecule has 0 bridgehead atoms. The maximum Gasteiger partial charge on any atom is 0.151 e. The molecule has 0 saturated carbocycles. The van der Waals surface area contributed by atoms with Crippen LogP contribution in [0, 0.1) is 13.8 Å². The summed E-state index contributed by atoms with van der Waals surface area (Å²) in [4.78, 5) is 4.64. The molecule has 3 rings (SSSR count). The fourth-order valence-electron chi connectivity index (χ4n) is 2.32. The maximum atomic E-state index is 6.36. The van der Waals surface area contributed by atoms with Crippen LogP contribution in [-0.4, -0.2) is 10.7 Å². The van der Waals surface area contributed by atoms with E-state index in [1.165, 1.54) is 21.4 Å². The number of benzene rings is 2. The third kappa shape index (κ3) is 3.28. The molecule has 1 atom stereocenters. The Morgan fingerprint density at radius 2 is 2.00 bits per heavy atom. The zero-order valence-electron chi connectivity index (χ0n) is 12.2. The first kappa shape index (κ1) is 14.6. The van der Waals surface area contributed by atoms with Gasteiger partial charge in [0.25, 0.3) is 0 Å². The van der Waals surface area contributed by atoms with Gasteiger partial charge in [-0.2, -0.15) is 0 Å². The minimum atomic E-state index is 0.0434. The van der Waals surface area contributed by atoms with Crippen LogP contribution in [0.5, 0.6) is 0 Å². The van der Waals surface area contributed by atoms with Crippen molar-refractivity contribution in [2.75, 3.05) is 5.75 Å². The summed E-state index contributed by atoms with van der Waals surface area (Å²) >= 11 is 3.48. The monoisotopic (exact) mass is 314 g/mol. The van der Waals surface area contributed by atoms with E-state index in [4.69, 9.17) is 5.73 Å². The van der Waals surface area contributed by atoms with Gasteiger partial charge in [0.2, 0.25) is 0 Å². The number of rotatable bonds is 4. The van der Waals surface area contributed by atoms with Crippen LogP contribution in [-0.2, 0) is 0 Å². The van der Waals surface area contributed by atoms with Gasteiger partial charge in [0.05, 0.1) is 10.2 Å². The number of nitrogens with zero attached hydrogens (tertiary/aromatic N) is 1. The van der Waals surface area contributed by atoms with Gasteiger partial charge in [-0.15, -0.1) is 11.3 Å². The summed E-state index contributed by atoms with van der Waals surface area (Å²) in [5, 5.41) is 0. The van der Waals surface area contributed by atoms with Crippen molar-refractivity contribution in [3.05, 3.63) is 59.2 Å². The maximum absolute atomic E-state index is 6.36. The van der Waals surface area contributed by atoms with Crippen molar-refractivity contribution >= 4 is 33.3 Å². The fourth-order valence-corrected chi connectivity index (χ4v) is 4.39. The van der Waals surface area contributed by atoms with Gasteiger partial charge in [0.1, 0.15) is 0 Å². The predicted octanol–water partition coefficient (Wildman–Crippen LogP) is 4.71. The van der Waals surface area contributed by atoms with Crippen molar-refractivity contribution in [3.8, 4) is 0 Å². The molecule has 2 nitrogen and oxygen atoms in total. The average Bonchev–Trinajstić information content (AvgIpc) is 2.90. The summed E-state index contributed by atoms with van der Waals surface area (Å²) < 4.78 is 2.33. The van der Waals surface area contributed by atoms with Crippen LogP contribution >= 0.6 is 23.1 Å². The second kappa shape index (κ2) is 6.18. The van der Waals surface area contributed by atoms with E-state index >= 15 is 0 Å². The number of fused-ring (bicyclic) bond motifs is 1. The van der Waals surface area contributed by atoms with Crippen LogP contribution in [0.3, 0.4) is 0 Å². The van der Waals surface area contributed by atoms with Gasteiger partial charge in [-0.1, -0.05) is 47.7 Å². The lowest BCUT2D eigenvalue weighted by Gasteiger charge is -2.14. The van der Waals surface area contributed by atoms with Gasteiger partial charge in [0.15, 0.2) is 4.34 Å². The molecule has 0 spiro atoms. The number of nitrogens with two attached hydrogens (primary N) is 1. The first-order chi connectivity index (χ1) is 10.1. The molecule has 1 unspecified atom stereocenters. The van der Waals surface area contributed by atoms with Gasteiger partial charge in [-0.3, -0.25) is 0 Å². The van der Waals surface area contributed by atoms with Crippen LogP contribution in [0.1, 0.15) is 22.7 Å². The Balaban J connectivity index is 1.73. The van der Waals surface area contributed by atoms with Crippen molar-refractivity contribution in [2.24, 2.45) is 5.73 Å². The summed E-state index contributed by atoms with van der Waals surface area (Å²) in [6.07, 6.45) is 0. The Kier molecular flexibility index (Phi) is 4.29. The molecule has 0 aliphatic rings. The third-order valence-electron chi connectivity index (χ3n) is 3.49. The lowest BCUT2D eigenvalue weighted by molar-refractivity contribution is 0.821. The van der Waals surface area contributed by atoms with Gasteiger partial charge >= 0.3 is 0 Å². The van der Waals surface area contributed by atoms with Crippen molar-refractivity contribution < 1.29 is 0 Å². The molecule has 0 aliphatic carbocycles. The molecule has 3 aromatic rings.